The van der Waals surface area contributed by atoms with Gasteiger partial charge >= 0.3 is 5.97 Å². The Kier molecular flexibility index (Phi) is 4.41. The van der Waals surface area contributed by atoms with Crippen LogP contribution in [0.15, 0.2) is 69.2 Å². The van der Waals surface area contributed by atoms with Crippen molar-refractivity contribution >= 4 is 33.8 Å². The predicted molar refractivity (Wildman–Crippen MR) is 102 cm³/mol. The lowest BCUT2D eigenvalue weighted by Gasteiger charge is -2.06. The summed E-state index contributed by atoms with van der Waals surface area (Å²) in [6.45, 7) is 1.82. The van der Waals surface area contributed by atoms with Gasteiger partial charge < -0.3 is 13.9 Å². The van der Waals surface area contributed by atoms with Crippen LogP contribution in [0.4, 0.5) is 0 Å². The van der Waals surface area contributed by atoms with E-state index in [0.29, 0.717) is 27.1 Å². The molecule has 0 fully saturated rings. The Hall–Kier alpha value is -3.12. The van der Waals surface area contributed by atoms with Crippen LogP contribution in [0, 0.1) is 6.92 Å². The Morgan fingerprint density at radius 1 is 1.11 bits per heavy atom. The quantitative estimate of drug-likeness (QED) is 0.329. The number of rotatable bonds is 3. The maximum Gasteiger partial charge on any atom is 0.344 e. The molecule has 3 aromatic rings. The zero-order chi connectivity index (χ0) is 19.0. The van der Waals surface area contributed by atoms with E-state index in [1.165, 1.54) is 6.07 Å². The Bertz CT molecular complexity index is 1090. The SMILES string of the molecule is Cc1ccc(/C=C2\Oc3cc(OC(=O)c4ccccc4Br)ccc3C2=O)o1. The van der Waals surface area contributed by atoms with Gasteiger partial charge in [-0.1, -0.05) is 12.1 Å². The van der Waals surface area contributed by atoms with Crippen LogP contribution in [0.25, 0.3) is 6.08 Å². The monoisotopic (exact) mass is 424 g/mol. The fraction of sp³-hybridized carbons (Fsp3) is 0.0476. The van der Waals surface area contributed by atoms with Crippen LogP contribution in [0.2, 0.25) is 0 Å². The molecule has 5 nitrogen and oxygen atoms in total. The lowest BCUT2D eigenvalue weighted by molar-refractivity contribution is 0.0733. The molecule has 0 spiro atoms. The molecule has 0 saturated heterocycles. The predicted octanol–water partition coefficient (Wildman–Crippen LogP) is 5.19. The highest BCUT2D eigenvalue weighted by Gasteiger charge is 2.28. The molecule has 4 rings (SSSR count). The summed E-state index contributed by atoms with van der Waals surface area (Å²) in [5.41, 5.74) is 0.814. The molecule has 0 amide bonds. The third-order valence-electron chi connectivity index (χ3n) is 3.98. The number of ketones is 1. The van der Waals surface area contributed by atoms with Crippen molar-refractivity contribution in [2.45, 2.75) is 6.92 Å². The molecule has 134 valence electrons. The number of hydrogen-bond acceptors (Lipinski definition) is 5. The number of aryl methyl sites for hydroxylation is 1. The van der Waals surface area contributed by atoms with Gasteiger partial charge in [0, 0.05) is 16.6 Å². The lowest BCUT2D eigenvalue weighted by Crippen LogP contribution is -2.09. The van der Waals surface area contributed by atoms with Gasteiger partial charge in [0.25, 0.3) is 0 Å². The number of furan rings is 1. The highest BCUT2D eigenvalue weighted by atomic mass is 79.9. The first-order valence-corrected chi connectivity index (χ1v) is 8.92. The molecular formula is C21H13BrO5. The summed E-state index contributed by atoms with van der Waals surface area (Å²) in [6.07, 6.45) is 1.54. The largest absolute Gasteiger partial charge is 0.462 e. The number of carbonyl (C=O) groups excluding carboxylic acids is 2. The number of benzene rings is 2. The summed E-state index contributed by atoms with van der Waals surface area (Å²) < 4.78 is 17.1. The van der Waals surface area contributed by atoms with E-state index in [0.717, 1.165) is 5.76 Å². The number of fused-ring (bicyclic) bond motifs is 1. The smallest absolute Gasteiger partial charge is 0.344 e. The third-order valence-corrected chi connectivity index (χ3v) is 4.67. The maximum atomic E-state index is 12.5. The summed E-state index contributed by atoms with van der Waals surface area (Å²) in [7, 11) is 0. The average molecular weight is 425 g/mol. The fourth-order valence-corrected chi connectivity index (χ4v) is 3.13. The molecule has 0 bridgehead atoms. The van der Waals surface area contributed by atoms with E-state index < -0.39 is 5.97 Å². The van der Waals surface area contributed by atoms with Gasteiger partial charge in [0.05, 0.1) is 11.1 Å². The minimum Gasteiger partial charge on any atom is -0.462 e. The number of ether oxygens (including phenoxy) is 2. The van der Waals surface area contributed by atoms with E-state index in [4.69, 9.17) is 13.9 Å². The summed E-state index contributed by atoms with van der Waals surface area (Å²) in [5.74, 6) is 1.31. The molecule has 1 aromatic heterocycles. The first-order chi connectivity index (χ1) is 13.0. The van der Waals surface area contributed by atoms with Crippen LogP contribution in [0.3, 0.4) is 0 Å². The second-order valence-electron chi connectivity index (χ2n) is 5.92. The standard InChI is InChI=1S/C21H13BrO5/c1-12-6-7-13(25-12)11-19-20(23)16-9-8-14(10-18(16)27-19)26-21(24)15-4-2-3-5-17(15)22/h2-11H,1H3/b19-11-. The normalized spacial score (nSPS) is 14.1. The minimum atomic E-state index is -0.506. The van der Waals surface area contributed by atoms with Gasteiger partial charge in [-0.25, -0.2) is 4.79 Å². The fourth-order valence-electron chi connectivity index (χ4n) is 2.68. The van der Waals surface area contributed by atoms with Crippen molar-refractivity contribution in [2.75, 3.05) is 0 Å². The molecule has 1 aliphatic rings. The van der Waals surface area contributed by atoms with E-state index in [2.05, 4.69) is 15.9 Å². The van der Waals surface area contributed by atoms with Crippen LogP contribution >= 0.6 is 15.9 Å². The summed E-state index contributed by atoms with van der Waals surface area (Å²) in [6, 6.07) is 15.2. The van der Waals surface area contributed by atoms with Crippen molar-refractivity contribution in [1.29, 1.82) is 0 Å². The number of hydrogen-bond donors (Lipinski definition) is 0. The molecular weight excluding hydrogens is 412 g/mol. The van der Waals surface area contributed by atoms with Gasteiger partial charge in [0.15, 0.2) is 5.76 Å². The van der Waals surface area contributed by atoms with Crippen molar-refractivity contribution in [1.82, 2.24) is 0 Å². The number of halogens is 1. The molecule has 0 aliphatic carbocycles. The van der Waals surface area contributed by atoms with Gasteiger partial charge in [-0.2, -0.15) is 0 Å². The van der Waals surface area contributed by atoms with Crippen LogP contribution in [0.1, 0.15) is 32.2 Å². The Labute approximate surface area is 163 Å². The lowest BCUT2D eigenvalue weighted by atomic mass is 10.1. The molecule has 0 radical (unpaired) electrons. The molecule has 0 unspecified atom stereocenters. The molecule has 1 aliphatic heterocycles. The van der Waals surface area contributed by atoms with Crippen LogP contribution in [-0.2, 0) is 0 Å². The Balaban J connectivity index is 1.57. The van der Waals surface area contributed by atoms with Crippen molar-refractivity contribution in [3.8, 4) is 11.5 Å². The highest BCUT2D eigenvalue weighted by Crippen LogP contribution is 2.35. The first-order valence-electron chi connectivity index (χ1n) is 8.13. The number of esters is 1. The van der Waals surface area contributed by atoms with Gasteiger partial charge in [0.1, 0.15) is 23.0 Å². The van der Waals surface area contributed by atoms with Crippen molar-refractivity contribution in [2.24, 2.45) is 0 Å². The molecule has 0 N–H and O–H groups in total. The van der Waals surface area contributed by atoms with Gasteiger partial charge in [-0.3, -0.25) is 4.79 Å². The number of carbonyl (C=O) groups is 2. The van der Waals surface area contributed by atoms with Crippen LogP contribution in [0.5, 0.6) is 11.5 Å². The second kappa shape index (κ2) is 6.89. The van der Waals surface area contributed by atoms with E-state index in [9.17, 15) is 9.59 Å². The van der Waals surface area contributed by atoms with Crippen LogP contribution < -0.4 is 9.47 Å². The zero-order valence-electron chi connectivity index (χ0n) is 14.2. The number of Topliss-reactive ketones (excluding diaryl/α,β-unsaturated/α-hetero) is 1. The molecule has 2 heterocycles. The van der Waals surface area contributed by atoms with E-state index in [-0.39, 0.29) is 17.3 Å². The summed E-state index contributed by atoms with van der Waals surface area (Å²) in [4.78, 5) is 24.8. The molecule has 0 atom stereocenters. The minimum absolute atomic E-state index is 0.161. The summed E-state index contributed by atoms with van der Waals surface area (Å²) >= 11 is 3.32. The van der Waals surface area contributed by atoms with Crippen molar-refractivity contribution in [3.05, 3.63) is 87.5 Å². The first kappa shape index (κ1) is 17.3. The zero-order valence-corrected chi connectivity index (χ0v) is 15.8. The topological polar surface area (TPSA) is 65.7 Å². The third kappa shape index (κ3) is 3.44. The van der Waals surface area contributed by atoms with Crippen molar-refractivity contribution in [3.63, 3.8) is 0 Å². The van der Waals surface area contributed by atoms with Gasteiger partial charge in [-0.05, 0) is 59.3 Å². The molecule has 6 heteroatoms. The second-order valence-corrected chi connectivity index (χ2v) is 6.77. The molecule has 2 aromatic carbocycles. The van der Waals surface area contributed by atoms with Crippen molar-refractivity contribution < 1.29 is 23.5 Å². The van der Waals surface area contributed by atoms with Gasteiger partial charge in [0.2, 0.25) is 5.78 Å². The molecule has 0 saturated carbocycles. The average Bonchev–Trinajstić information content (AvgIpc) is 3.19. The van der Waals surface area contributed by atoms with E-state index in [1.807, 2.05) is 13.0 Å². The Morgan fingerprint density at radius 2 is 1.93 bits per heavy atom. The van der Waals surface area contributed by atoms with Gasteiger partial charge in [-0.15, -0.1) is 0 Å². The maximum absolute atomic E-state index is 12.5. The molecule has 27 heavy (non-hydrogen) atoms. The summed E-state index contributed by atoms with van der Waals surface area (Å²) in [5, 5.41) is 0. The number of allylic oxidation sites excluding steroid dienone is 1. The highest BCUT2D eigenvalue weighted by molar-refractivity contribution is 9.10. The van der Waals surface area contributed by atoms with E-state index >= 15 is 0 Å². The Morgan fingerprint density at radius 3 is 2.67 bits per heavy atom. The van der Waals surface area contributed by atoms with E-state index in [1.54, 1.807) is 48.5 Å². The van der Waals surface area contributed by atoms with Crippen LogP contribution in [-0.4, -0.2) is 11.8 Å².